The first-order chi connectivity index (χ1) is 27.2. The number of carbonyl (C=O) groups is 2. The maximum atomic E-state index is 11.0. The predicted molar refractivity (Wildman–Crippen MR) is 188 cm³/mol. The third-order valence-electron chi connectivity index (χ3n) is 6.44. The fraction of sp³-hybridized carbons (Fsp3) is 0.929. The first-order valence-corrected chi connectivity index (χ1v) is 18.6. The SMILES string of the molecule is CC(C)CC(C(C)C)C(O)O.CC(C)CC(C([NH-])=O)C(C)C.CC(C)CC(C)(C(=O)O)C(C)C.OO.OO.OO.OO.OO.OO.OO.OO.[O]=[Mo].[O]=[Mo].[O]=[Mo].[O]=[Mo]. The molecule has 20 N–H and O–H groups in total. The molecule has 0 spiro atoms. The number of amides is 1. The zero-order chi connectivity index (χ0) is 52.0. The number of carbonyl (C=O) groups excluding carboxylic acids is 1. The van der Waals surface area contributed by atoms with E-state index in [-0.39, 0.29) is 17.8 Å². The Hall–Kier alpha value is 0.173. The van der Waals surface area contributed by atoms with Crippen LogP contribution in [0.1, 0.15) is 109 Å². The minimum atomic E-state index is -1.16. The Bertz CT molecular complexity index is 636. The van der Waals surface area contributed by atoms with Crippen LogP contribution < -0.4 is 0 Å². The summed E-state index contributed by atoms with van der Waals surface area (Å²) >= 11 is 2.80. The average molecular weight is 1210 g/mol. The maximum absolute atomic E-state index is 11.0. The number of hydrogen-bond donors (Lipinski definition) is 19. The zero-order valence-electron chi connectivity index (χ0n) is 34.9. The molecule has 366 valence electrons. The van der Waals surface area contributed by atoms with Crippen molar-refractivity contribution in [3.8, 4) is 0 Å². The van der Waals surface area contributed by atoms with Crippen LogP contribution in [0.25, 0.3) is 5.73 Å². The van der Waals surface area contributed by atoms with Crippen LogP contribution in [0.2, 0.25) is 0 Å². The predicted octanol–water partition coefficient (Wildman–Crippen LogP) is 6.93. The molecule has 3 unspecified atom stereocenters. The van der Waals surface area contributed by atoms with Gasteiger partial charge < -0.3 is 25.8 Å². The van der Waals surface area contributed by atoms with Crippen molar-refractivity contribution in [3.63, 3.8) is 0 Å². The van der Waals surface area contributed by atoms with Crippen LogP contribution in [0.15, 0.2) is 0 Å². The van der Waals surface area contributed by atoms with E-state index >= 15 is 0 Å². The van der Waals surface area contributed by atoms with E-state index in [0.29, 0.717) is 109 Å². The van der Waals surface area contributed by atoms with Crippen molar-refractivity contribution < 1.29 is 202 Å². The summed E-state index contributed by atoms with van der Waals surface area (Å²) in [6, 6.07) is 0. The van der Waals surface area contributed by atoms with Crippen LogP contribution in [0.5, 0.6) is 0 Å². The standard InChI is InChI=1S/C10H20O2.C9H19NO.C9H20O2.4Mo.8H2O2.4O/c1-7(2)6-10(5,8(3)4)9(11)12;2*1-6(2)5-8(7(3)4)9(10)11;;;;;8*1-2;;;;/h7-8H,6H2,1-5H3,(H,11,12);6-8H,5H2,1-4H3,(H2,10,11);6-11H,5H2,1-4H3;;;;;8*1-2H;;;;/p-1. The van der Waals surface area contributed by atoms with Gasteiger partial charge in [-0.1, -0.05) is 83.1 Å². The van der Waals surface area contributed by atoms with Gasteiger partial charge in [-0.05, 0) is 61.7 Å². The van der Waals surface area contributed by atoms with Crippen LogP contribution in [0.3, 0.4) is 0 Å². The third kappa shape index (κ3) is 101. The second-order valence-electron chi connectivity index (χ2n) is 12.3. The first kappa shape index (κ1) is 102. The van der Waals surface area contributed by atoms with Crippen LogP contribution in [0, 0.1) is 52.8 Å². The number of rotatable bonds is 12. The fourth-order valence-electron chi connectivity index (χ4n) is 3.89. The molecule has 0 aromatic heterocycles. The molecular formula is C28H74Mo4NO25-. The van der Waals surface area contributed by atoms with Gasteiger partial charge in [-0.3, -0.25) is 88.9 Å². The summed E-state index contributed by atoms with van der Waals surface area (Å²) in [5, 5.41) is 123. The van der Waals surface area contributed by atoms with Gasteiger partial charge in [0.15, 0.2) is 6.29 Å². The van der Waals surface area contributed by atoms with Gasteiger partial charge in [-0.25, -0.2) is 0 Å². The Morgan fingerprint density at radius 3 is 0.776 bits per heavy atom. The molecule has 0 bridgehead atoms. The molecule has 0 saturated heterocycles. The van der Waals surface area contributed by atoms with Crippen LogP contribution in [-0.2, 0) is 102 Å². The Labute approximate surface area is 385 Å². The van der Waals surface area contributed by atoms with E-state index in [1.165, 1.54) is 0 Å². The van der Waals surface area contributed by atoms with E-state index in [0.717, 1.165) is 19.3 Å². The molecule has 0 aromatic rings. The van der Waals surface area contributed by atoms with Gasteiger partial charge in [-0.15, -0.1) is 0 Å². The molecule has 0 saturated carbocycles. The monoisotopic (exact) mass is 1220 g/mol. The second kappa shape index (κ2) is 101. The van der Waals surface area contributed by atoms with Gasteiger partial charge in [0.05, 0.1) is 11.3 Å². The van der Waals surface area contributed by atoms with Crippen molar-refractivity contribution in [2.45, 2.75) is 116 Å². The Kier molecular flexibility index (Phi) is 178. The van der Waals surface area contributed by atoms with Gasteiger partial charge in [0.2, 0.25) is 0 Å². The number of nitrogens with one attached hydrogen (secondary N) is 1. The van der Waals surface area contributed by atoms with Gasteiger partial charge in [0.25, 0.3) is 0 Å². The molecule has 0 heterocycles. The van der Waals surface area contributed by atoms with Crippen molar-refractivity contribution >= 4 is 11.9 Å². The molecular weight excluding hydrogens is 1130 g/mol. The molecule has 0 rings (SSSR count). The van der Waals surface area contributed by atoms with Crippen LogP contribution >= 0.6 is 0 Å². The Morgan fingerprint density at radius 1 is 0.483 bits per heavy atom. The summed E-state index contributed by atoms with van der Waals surface area (Å²) in [7, 11) is 0. The van der Waals surface area contributed by atoms with Gasteiger partial charge in [0, 0.05) is 11.8 Å². The quantitative estimate of drug-likeness (QED) is 0.0407. The van der Waals surface area contributed by atoms with Crippen molar-refractivity contribution in [1.29, 1.82) is 0 Å². The van der Waals surface area contributed by atoms with E-state index in [1.54, 1.807) is 0 Å². The van der Waals surface area contributed by atoms with E-state index in [2.05, 4.69) is 41.5 Å². The van der Waals surface area contributed by atoms with Crippen LogP contribution in [-0.4, -0.2) is 118 Å². The number of aliphatic carboxylic acids is 1. The molecule has 26 nitrogen and oxygen atoms in total. The van der Waals surface area contributed by atoms with Crippen molar-refractivity contribution in [3.05, 3.63) is 5.73 Å². The summed E-state index contributed by atoms with van der Waals surface area (Å²) < 4.78 is 33.0. The van der Waals surface area contributed by atoms with Gasteiger partial charge in [-0.2, -0.15) is 0 Å². The number of aliphatic hydroxyl groups excluding tert-OH is 1. The molecule has 0 aliphatic carbocycles. The van der Waals surface area contributed by atoms with Gasteiger partial charge in [0.1, 0.15) is 0 Å². The summed E-state index contributed by atoms with van der Waals surface area (Å²) in [5.41, 5.74) is 6.46. The number of carboxylic acid groups (broad SMARTS) is 1. The van der Waals surface area contributed by atoms with Crippen molar-refractivity contribution in [2.75, 3.05) is 0 Å². The molecule has 3 atom stereocenters. The van der Waals surface area contributed by atoms with E-state index in [9.17, 15) is 9.59 Å². The van der Waals surface area contributed by atoms with Crippen LogP contribution in [0.4, 0.5) is 0 Å². The van der Waals surface area contributed by atoms with E-state index in [4.69, 9.17) is 119 Å². The summed E-state index contributed by atoms with van der Waals surface area (Å²) in [4.78, 5) is 21.8. The normalized spacial score (nSPS) is 10.0. The number of hydrogen-bond acceptors (Lipinski definition) is 24. The Morgan fingerprint density at radius 2 is 0.724 bits per heavy atom. The molecule has 0 radical (unpaired) electrons. The number of carboxylic acids is 1. The van der Waals surface area contributed by atoms with E-state index in [1.807, 2.05) is 48.5 Å². The minimum absolute atomic E-state index is 0.0231. The van der Waals surface area contributed by atoms with Crippen molar-refractivity contribution in [2.24, 2.45) is 52.8 Å². The Balaban J connectivity index is -0.0000000291. The third-order valence-corrected chi connectivity index (χ3v) is 6.44. The summed E-state index contributed by atoms with van der Waals surface area (Å²) in [6.45, 7) is 26.3. The molecule has 30 heteroatoms. The topological polar surface area (TPSA) is 511 Å². The molecule has 0 aliphatic heterocycles. The number of aliphatic hydroxyl groups is 2. The van der Waals surface area contributed by atoms with Gasteiger partial charge >= 0.3 is 98.7 Å². The molecule has 58 heavy (non-hydrogen) atoms. The zero-order valence-corrected chi connectivity index (χ0v) is 42.9. The fourth-order valence-corrected chi connectivity index (χ4v) is 3.89. The second-order valence-corrected chi connectivity index (χ2v) is 12.3. The molecule has 0 fully saturated rings. The molecule has 1 amide bonds. The summed E-state index contributed by atoms with van der Waals surface area (Å²) in [6.07, 6.45) is 1.33. The summed E-state index contributed by atoms with van der Waals surface area (Å²) in [5.74, 6) is 1.21. The van der Waals surface area contributed by atoms with E-state index < -0.39 is 23.6 Å². The van der Waals surface area contributed by atoms with Crippen molar-refractivity contribution in [1.82, 2.24) is 0 Å². The molecule has 0 aromatic carbocycles. The average Bonchev–Trinajstić information content (AvgIpc) is 3.24. The molecule has 0 aliphatic rings. The first-order valence-electron chi connectivity index (χ1n) is 15.3.